The van der Waals surface area contributed by atoms with E-state index in [-0.39, 0.29) is 19.0 Å². The van der Waals surface area contributed by atoms with E-state index in [2.05, 4.69) is 15.0 Å². The van der Waals surface area contributed by atoms with Gasteiger partial charge >= 0.3 is 0 Å². The van der Waals surface area contributed by atoms with Gasteiger partial charge < -0.3 is 20.6 Å². The van der Waals surface area contributed by atoms with Crippen LogP contribution in [-0.4, -0.2) is 43.5 Å². The number of nitrogens with two attached hydrogens (primary N) is 1. The minimum Gasteiger partial charge on any atom is -0.394 e. The number of H-pyrrole nitrogens is 1. The number of ether oxygens (including phenoxy) is 1. The summed E-state index contributed by atoms with van der Waals surface area (Å²) in [7, 11) is 0. The molecule has 0 unspecified atom stereocenters. The number of nitrogens with zero attached hydrogens (tertiary/aromatic N) is 3. The predicted octanol–water partition coefficient (Wildman–Crippen LogP) is 0.689. The molecule has 3 rings (SSSR count). The fourth-order valence-electron chi connectivity index (χ4n) is 2.18. The Morgan fingerprint density at radius 3 is 3.16 bits per heavy atom. The minimum absolute atomic E-state index is 0.129. The molecule has 0 bridgehead atoms. The third kappa shape index (κ3) is 1.99. The van der Waals surface area contributed by atoms with E-state index in [0.29, 0.717) is 15.8 Å². The van der Waals surface area contributed by atoms with Crippen molar-refractivity contribution in [1.29, 1.82) is 0 Å². The normalized spacial score (nSPS) is 27.2. The van der Waals surface area contributed by atoms with Crippen LogP contribution in [0, 0.1) is 4.64 Å². The maximum absolute atomic E-state index is 13.6. The van der Waals surface area contributed by atoms with Gasteiger partial charge in [-0.1, -0.05) is 12.2 Å². The molecule has 0 aliphatic carbocycles. The van der Waals surface area contributed by atoms with Crippen molar-refractivity contribution in [2.75, 3.05) is 12.3 Å². The van der Waals surface area contributed by atoms with Gasteiger partial charge in [-0.05, 0) is 0 Å². The van der Waals surface area contributed by atoms with Crippen molar-refractivity contribution in [3.63, 3.8) is 0 Å². The zero-order valence-electron chi connectivity index (χ0n) is 9.78. The number of aromatic nitrogens is 4. The number of rotatable bonds is 2. The molecule has 0 saturated carbocycles. The molecule has 7 nitrogen and oxygen atoms in total. The van der Waals surface area contributed by atoms with E-state index in [1.54, 1.807) is 4.57 Å². The molecule has 1 saturated heterocycles. The number of fused-ring (bicyclic) bond motifs is 1. The molecule has 9 heteroatoms. The average molecular weight is 285 g/mol. The van der Waals surface area contributed by atoms with Crippen LogP contribution in [-0.2, 0) is 4.74 Å². The Kier molecular flexibility index (Phi) is 2.96. The number of halogens is 1. The highest BCUT2D eigenvalue weighted by Gasteiger charge is 2.36. The maximum atomic E-state index is 13.6. The zero-order chi connectivity index (χ0) is 13.6. The van der Waals surface area contributed by atoms with Gasteiger partial charge in [-0.2, -0.15) is 4.98 Å². The molecule has 0 radical (unpaired) electrons. The fraction of sp³-hybridized carbons (Fsp3) is 0.500. The first kappa shape index (κ1) is 12.5. The Morgan fingerprint density at radius 2 is 2.47 bits per heavy atom. The van der Waals surface area contributed by atoms with Crippen LogP contribution in [0.5, 0.6) is 0 Å². The zero-order valence-corrected chi connectivity index (χ0v) is 10.6. The molecule has 0 amide bonds. The molecule has 19 heavy (non-hydrogen) atoms. The lowest BCUT2D eigenvalue weighted by Gasteiger charge is -2.13. The predicted molar refractivity (Wildman–Crippen MR) is 67.6 cm³/mol. The lowest BCUT2D eigenvalue weighted by Crippen LogP contribution is -2.21. The topological polar surface area (TPSA) is 102 Å². The van der Waals surface area contributed by atoms with Crippen LogP contribution in [0.15, 0.2) is 6.33 Å². The Hall–Kier alpha value is -1.58. The third-order valence-electron chi connectivity index (χ3n) is 3.10. The fourth-order valence-corrected chi connectivity index (χ4v) is 2.43. The van der Waals surface area contributed by atoms with Gasteiger partial charge in [0.25, 0.3) is 0 Å². The molecule has 1 fully saturated rings. The van der Waals surface area contributed by atoms with Gasteiger partial charge in [-0.15, -0.1) is 0 Å². The Bertz CT molecular complexity index is 671. The molecule has 1 aliphatic heterocycles. The van der Waals surface area contributed by atoms with E-state index in [4.69, 9.17) is 27.8 Å². The van der Waals surface area contributed by atoms with Crippen LogP contribution < -0.4 is 5.73 Å². The average Bonchev–Trinajstić information content (AvgIpc) is 2.92. The van der Waals surface area contributed by atoms with E-state index in [1.165, 1.54) is 6.33 Å². The van der Waals surface area contributed by atoms with Crippen molar-refractivity contribution in [2.24, 2.45) is 0 Å². The Balaban J connectivity index is 2.05. The monoisotopic (exact) mass is 285 g/mol. The SMILES string of the molecule is Nc1nc2c(ncn2[C@H]2C[C@H](F)[C@@H](CO)O2)c(=S)[nH]1. The molecular formula is C10H12FN5O2S. The van der Waals surface area contributed by atoms with E-state index in [0.717, 1.165) is 0 Å². The van der Waals surface area contributed by atoms with Crippen LogP contribution in [0.3, 0.4) is 0 Å². The van der Waals surface area contributed by atoms with Crippen LogP contribution in [0.25, 0.3) is 11.2 Å². The second-order valence-corrected chi connectivity index (χ2v) is 4.75. The van der Waals surface area contributed by atoms with Crippen LogP contribution in [0.4, 0.5) is 10.3 Å². The molecule has 102 valence electrons. The summed E-state index contributed by atoms with van der Waals surface area (Å²) in [6, 6.07) is 0. The molecule has 1 aliphatic rings. The first-order chi connectivity index (χ1) is 9.10. The number of nitrogen functional groups attached to an aromatic ring is 1. The van der Waals surface area contributed by atoms with Crippen molar-refractivity contribution in [1.82, 2.24) is 19.5 Å². The summed E-state index contributed by atoms with van der Waals surface area (Å²) in [4.78, 5) is 10.9. The quantitative estimate of drug-likeness (QED) is 0.702. The second kappa shape index (κ2) is 4.51. The molecule has 0 aromatic carbocycles. The number of aliphatic hydroxyl groups excluding tert-OH is 1. The van der Waals surface area contributed by atoms with Crippen molar-refractivity contribution >= 4 is 29.3 Å². The number of alkyl halides is 1. The van der Waals surface area contributed by atoms with Crippen molar-refractivity contribution in [2.45, 2.75) is 24.9 Å². The summed E-state index contributed by atoms with van der Waals surface area (Å²) >= 11 is 5.09. The van der Waals surface area contributed by atoms with Crippen molar-refractivity contribution in [3.8, 4) is 0 Å². The lowest BCUT2D eigenvalue weighted by atomic mass is 10.2. The second-order valence-electron chi connectivity index (χ2n) is 4.34. The highest BCUT2D eigenvalue weighted by molar-refractivity contribution is 7.71. The molecule has 0 spiro atoms. The molecule has 2 aromatic rings. The van der Waals surface area contributed by atoms with E-state index >= 15 is 0 Å². The summed E-state index contributed by atoms with van der Waals surface area (Å²) in [6.45, 7) is -0.361. The largest absolute Gasteiger partial charge is 0.394 e. The van der Waals surface area contributed by atoms with Crippen molar-refractivity contribution < 1.29 is 14.2 Å². The summed E-state index contributed by atoms with van der Waals surface area (Å²) in [5.41, 5.74) is 6.53. The van der Waals surface area contributed by atoms with Gasteiger partial charge in [-0.3, -0.25) is 4.57 Å². The Labute approximate surface area is 112 Å². The molecule has 4 N–H and O–H groups in total. The Morgan fingerprint density at radius 1 is 1.68 bits per heavy atom. The van der Waals surface area contributed by atoms with E-state index in [1.807, 2.05) is 0 Å². The molecule has 2 aromatic heterocycles. The van der Waals surface area contributed by atoms with E-state index in [9.17, 15) is 4.39 Å². The summed E-state index contributed by atoms with van der Waals surface area (Å²) < 4.78 is 21.0. The summed E-state index contributed by atoms with van der Waals surface area (Å²) in [6.07, 6.45) is -0.997. The van der Waals surface area contributed by atoms with Gasteiger partial charge in [0.2, 0.25) is 5.95 Å². The third-order valence-corrected chi connectivity index (χ3v) is 3.40. The van der Waals surface area contributed by atoms with Gasteiger partial charge in [-0.25, -0.2) is 9.37 Å². The van der Waals surface area contributed by atoms with Gasteiger partial charge in [0.1, 0.15) is 28.7 Å². The maximum Gasteiger partial charge on any atom is 0.200 e. The smallest absolute Gasteiger partial charge is 0.200 e. The number of hydrogen-bond donors (Lipinski definition) is 3. The first-order valence-corrected chi connectivity index (χ1v) is 6.13. The van der Waals surface area contributed by atoms with Crippen LogP contribution >= 0.6 is 12.2 Å². The highest BCUT2D eigenvalue weighted by Crippen LogP contribution is 2.32. The minimum atomic E-state index is -1.22. The molecule has 3 heterocycles. The number of hydrogen-bond acceptors (Lipinski definition) is 6. The van der Waals surface area contributed by atoms with Gasteiger partial charge in [0.05, 0.1) is 12.9 Å². The number of anilines is 1. The van der Waals surface area contributed by atoms with Crippen LogP contribution in [0.1, 0.15) is 12.6 Å². The summed E-state index contributed by atoms with van der Waals surface area (Å²) in [5, 5.41) is 9.01. The molecule has 3 atom stereocenters. The van der Waals surface area contributed by atoms with Gasteiger partial charge in [0, 0.05) is 6.42 Å². The van der Waals surface area contributed by atoms with E-state index < -0.39 is 18.5 Å². The standard InChI is InChI=1S/C10H12FN5O2S/c11-4-1-6(18-5(4)2-17)16-3-13-7-8(16)14-10(12)15-9(7)19/h3-6,17H,1-2H2,(H3,12,14,15,19)/t4-,5+,6+/m0/s1. The number of imidazole rings is 1. The number of nitrogens with one attached hydrogen (secondary N) is 1. The highest BCUT2D eigenvalue weighted by atomic mass is 32.1. The lowest BCUT2D eigenvalue weighted by molar-refractivity contribution is -0.0323. The number of aromatic amines is 1. The first-order valence-electron chi connectivity index (χ1n) is 5.73. The molecular weight excluding hydrogens is 273 g/mol. The van der Waals surface area contributed by atoms with Gasteiger partial charge in [0.15, 0.2) is 5.65 Å². The number of aliphatic hydroxyl groups is 1. The van der Waals surface area contributed by atoms with Crippen molar-refractivity contribution in [3.05, 3.63) is 11.0 Å². The van der Waals surface area contributed by atoms with Crippen LogP contribution in [0.2, 0.25) is 0 Å². The summed E-state index contributed by atoms with van der Waals surface area (Å²) in [5.74, 6) is 0.160.